The van der Waals surface area contributed by atoms with Crippen LogP contribution >= 0.6 is 12.6 Å². The molecule has 1 fully saturated rings. The number of benzene rings is 1. The minimum Gasteiger partial charge on any atom is -0.444 e. The van der Waals surface area contributed by atoms with Crippen molar-refractivity contribution >= 4 is 24.4 Å². The maximum atomic E-state index is 12.1. The van der Waals surface area contributed by atoms with E-state index >= 15 is 0 Å². The highest BCUT2D eigenvalue weighted by Crippen LogP contribution is 2.30. The molecule has 1 amide bonds. The fourth-order valence-electron chi connectivity index (χ4n) is 2.77. The van der Waals surface area contributed by atoms with E-state index in [2.05, 4.69) is 41.2 Å². The van der Waals surface area contributed by atoms with Gasteiger partial charge < -0.3 is 10.1 Å². The normalized spacial score (nSPS) is 16.1. The highest BCUT2D eigenvalue weighted by molar-refractivity contribution is 7.80. The molecule has 0 unspecified atom stereocenters. The van der Waals surface area contributed by atoms with Gasteiger partial charge in [0.25, 0.3) is 0 Å². The van der Waals surface area contributed by atoms with Crippen LogP contribution in [-0.2, 0) is 11.3 Å². The summed E-state index contributed by atoms with van der Waals surface area (Å²) in [4.78, 5) is 15.4. The number of thiol groups is 1. The lowest BCUT2D eigenvalue weighted by Crippen LogP contribution is -2.43. The number of anilines is 1. The van der Waals surface area contributed by atoms with E-state index in [-0.39, 0.29) is 0 Å². The topological polar surface area (TPSA) is 53.6 Å². The Bertz CT molecular complexity index is 605. The number of nitrogens with zero attached hydrogens (tertiary/aromatic N) is 1. The summed E-state index contributed by atoms with van der Waals surface area (Å²) in [6.07, 6.45) is -0.435. The maximum absolute atomic E-state index is 12.1. The lowest BCUT2D eigenvalue weighted by Gasteiger charge is -2.28. The van der Waals surface area contributed by atoms with Crippen LogP contribution in [0.2, 0.25) is 0 Å². The average Bonchev–Trinajstić information content (AvgIpc) is 2.49. The van der Waals surface area contributed by atoms with Crippen LogP contribution in [0.1, 0.15) is 37.5 Å². The third kappa shape index (κ3) is 5.13. The van der Waals surface area contributed by atoms with E-state index in [4.69, 9.17) is 4.74 Å². The SMILES string of the molecule is Cc1c(CN2CCNCC2)cc(NC(=O)OC(C)(C)C)c(C)c1S. The van der Waals surface area contributed by atoms with E-state index in [9.17, 15) is 4.79 Å². The van der Waals surface area contributed by atoms with Crippen LogP contribution in [0.3, 0.4) is 0 Å². The Morgan fingerprint density at radius 3 is 2.50 bits per heavy atom. The molecule has 134 valence electrons. The molecule has 2 rings (SSSR count). The van der Waals surface area contributed by atoms with Crippen LogP contribution in [0.4, 0.5) is 10.5 Å². The van der Waals surface area contributed by atoms with Crippen molar-refractivity contribution in [3.63, 3.8) is 0 Å². The molecular weight excluding hydrogens is 322 g/mol. The van der Waals surface area contributed by atoms with Crippen LogP contribution in [0.15, 0.2) is 11.0 Å². The van der Waals surface area contributed by atoms with Gasteiger partial charge in [0.1, 0.15) is 5.60 Å². The smallest absolute Gasteiger partial charge is 0.412 e. The van der Waals surface area contributed by atoms with Gasteiger partial charge in [0, 0.05) is 43.3 Å². The molecular formula is C18H29N3O2S. The average molecular weight is 352 g/mol. The third-order valence-corrected chi connectivity index (χ3v) is 4.82. The van der Waals surface area contributed by atoms with Gasteiger partial charge in [-0.25, -0.2) is 4.79 Å². The molecule has 0 radical (unpaired) electrons. The standard InChI is InChI=1S/C18H29N3O2S/c1-12-14(11-21-8-6-19-7-9-21)10-15(13(2)16(12)24)20-17(22)23-18(3,4)5/h10,19,24H,6-9,11H2,1-5H3,(H,20,22). The zero-order valence-electron chi connectivity index (χ0n) is 15.3. The number of carbonyl (C=O) groups is 1. The molecule has 0 bridgehead atoms. The number of hydrogen-bond acceptors (Lipinski definition) is 5. The Kier molecular flexibility index (Phi) is 6.17. The van der Waals surface area contributed by atoms with Crippen LogP contribution in [-0.4, -0.2) is 42.8 Å². The van der Waals surface area contributed by atoms with Gasteiger partial charge in [-0.2, -0.15) is 0 Å². The van der Waals surface area contributed by atoms with E-state index in [1.54, 1.807) is 0 Å². The lowest BCUT2D eigenvalue weighted by molar-refractivity contribution is 0.0635. The predicted octanol–water partition coefficient (Wildman–Crippen LogP) is 3.34. The lowest BCUT2D eigenvalue weighted by atomic mass is 10.0. The van der Waals surface area contributed by atoms with Gasteiger partial charge in [-0.3, -0.25) is 10.2 Å². The number of rotatable bonds is 3. The Balaban J connectivity index is 2.20. The first-order valence-corrected chi connectivity index (χ1v) is 8.87. The minimum atomic E-state index is -0.518. The number of ether oxygens (including phenoxy) is 1. The first-order chi connectivity index (χ1) is 11.2. The van der Waals surface area contributed by atoms with Crippen molar-refractivity contribution in [1.82, 2.24) is 10.2 Å². The van der Waals surface area contributed by atoms with E-state index in [1.165, 1.54) is 11.1 Å². The zero-order chi connectivity index (χ0) is 17.9. The van der Waals surface area contributed by atoms with Crippen molar-refractivity contribution in [1.29, 1.82) is 0 Å². The summed E-state index contributed by atoms with van der Waals surface area (Å²) in [5, 5.41) is 6.24. The van der Waals surface area contributed by atoms with E-state index in [1.807, 2.05) is 27.7 Å². The molecule has 1 aromatic rings. The monoisotopic (exact) mass is 351 g/mol. The second-order valence-electron chi connectivity index (χ2n) is 7.33. The number of hydrogen-bond donors (Lipinski definition) is 3. The molecule has 6 heteroatoms. The molecule has 1 saturated heterocycles. The quantitative estimate of drug-likeness (QED) is 0.731. The van der Waals surface area contributed by atoms with Gasteiger partial charge in [0.15, 0.2) is 0 Å². The predicted molar refractivity (Wildman–Crippen MR) is 101 cm³/mol. The van der Waals surface area contributed by atoms with E-state index in [0.29, 0.717) is 0 Å². The first kappa shape index (κ1) is 19.1. The Morgan fingerprint density at radius 2 is 1.92 bits per heavy atom. The molecule has 0 atom stereocenters. The summed E-state index contributed by atoms with van der Waals surface area (Å²) < 4.78 is 5.36. The van der Waals surface area contributed by atoms with Gasteiger partial charge in [0.2, 0.25) is 0 Å². The van der Waals surface area contributed by atoms with Crippen LogP contribution in [0.25, 0.3) is 0 Å². The Morgan fingerprint density at radius 1 is 1.29 bits per heavy atom. The summed E-state index contributed by atoms with van der Waals surface area (Å²) in [5.41, 5.74) is 3.58. The van der Waals surface area contributed by atoms with Crippen LogP contribution < -0.4 is 10.6 Å². The van der Waals surface area contributed by atoms with Crippen LogP contribution in [0.5, 0.6) is 0 Å². The van der Waals surface area contributed by atoms with Gasteiger partial charge in [-0.1, -0.05) is 0 Å². The fourth-order valence-corrected chi connectivity index (χ4v) is 3.03. The molecule has 1 aromatic carbocycles. The molecule has 0 aliphatic carbocycles. The molecule has 1 heterocycles. The number of piperazine rings is 1. The molecule has 5 nitrogen and oxygen atoms in total. The second kappa shape index (κ2) is 7.76. The van der Waals surface area contributed by atoms with Gasteiger partial charge in [-0.05, 0) is 57.4 Å². The van der Waals surface area contributed by atoms with Crippen molar-refractivity contribution in [2.24, 2.45) is 0 Å². The van der Waals surface area contributed by atoms with E-state index < -0.39 is 11.7 Å². The van der Waals surface area contributed by atoms with Gasteiger partial charge >= 0.3 is 6.09 Å². The number of carbonyl (C=O) groups excluding carboxylic acids is 1. The fraction of sp³-hybridized carbons (Fsp3) is 0.611. The molecule has 24 heavy (non-hydrogen) atoms. The zero-order valence-corrected chi connectivity index (χ0v) is 16.2. The van der Waals surface area contributed by atoms with Crippen molar-refractivity contribution in [3.8, 4) is 0 Å². The van der Waals surface area contributed by atoms with Crippen LogP contribution in [0, 0.1) is 13.8 Å². The summed E-state index contributed by atoms with van der Waals surface area (Å²) in [7, 11) is 0. The summed E-state index contributed by atoms with van der Waals surface area (Å²) in [6.45, 7) is 14.6. The summed E-state index contributed by atoms with van der Waals surface area (Å²) >= 11 is 4.65. The molecule has 0 aromatic heterocycles. The van der Waals surface area contributed by atoms with Crippen molar-refractivity contribution in [3.05, 3.63) is 22.8 Å². The number of amides is 1. The third-order valence-electron chi connectivity index (χ3n) is 4.15. The molecule has 0 saturated carbocycles. The van der Waals surface area contributed by atoms with E-state index in [0.717, 1.165) is 48.9 Å². The highest BCUT2D eigenvalue weighted by atomic mass is 32.1. The Hall–Kier alpha value is -1.24. The second-order valence-corrected chi connectivity index (χ2v) is 7.78. The molecule has 1 aliphatic heterocycles. The van der Waals surface area contributed by atoms with Gasteiger partial charge in [-0.15, -0.1) is 12.6 Å². The van der Waals surface area contributed by atoms with Crippen molar-refractivity contribution < 1.29 is 9.53 Å². The first-order valence-electron chi connectivity index (χ1n) is 8.42. The molecule has 1 aliphatic rings. The highest BCUT2D eigenvalue weighted by Gasteiger charge is 2.19. The number of nitrogens with one attached hydrogen (secondary N) is 2. The minimum absolute atomic E-state index is 0.435. The summed E-state index contributed by atoms with van der Waals surface area (Å²) in [5.74, 6) is 0. The summed E-state index contributed by atoms with van der Waals surface area (Å²) in [6, 6.07) is 2.05. The van der Waals surface area contributed by atoms with Crippen molar-refractivity contribution in [2.75, 3.05) is 31.5 Å². The van der Waals surface area contributed by atoms with Crippen molar-refractivity contribution in [2.45, 2.75) is 51.7 Å². The largest absolute Gasteiger partial charge is 0.444 e. The van der Waals surface area contributed by atoms with Gasteiger partial charge in [0.05, 0.1) is 0 Å². The maximum Gasteiger partial charge on any atom is 0.412 e. The molecule has 2 N–H and O–H groups in total. The molecule has 0 spiro atoms. The Labute approximate surface area is 150 Å².